The van der Waals surface area contributed by atoms with Gasteiger partial charge in [-0.1, -0.05) is 12.1 Å². The largest absolute Gasteiger partial charge is 0.486 e. The molecule has 0 bridgehead atoms. The van der Waals surface area contributed by atoms with Crippen molar-refractivity contribution in [2.24, 2.45) is 0 Å². The average Bonchev–Trinajstić information content (AvgIpc) is 2.87. The molecule has 2 aromatic rings. The molecule has 1 amide bonds. The quantitative estimate of drug-likeness (QED) is 0.717. The molecule has 0 saturated carbocycles. The summed E-state index contributed by atoms with van der Waals surface area (Å²) in [7, 11) is 0. The Hall–Kier alpha value is -1.15. The van der Waals surface area contributed by atoms with E-state index in [-0.39, 0.29) is 5.91 Å². The van der Waals surface area contributed by atoms with Crippen LogP contribution in [0.15, 0.2) is 29.6 Å². The Morgan fingerprint density at radius 1 is 1.45 bits per heavy atom. The van der Waals surface area contributed by atoms with Crippen LogP contribution in [-0.4, -0.2) is 17.4 Å². The van der Waals surface area contributed by atoms with Crippen LogP contribution in [0.1, 0.15) is 19.5 Å². The van der Waals surface area contributed by atoms with Gasteiger partial charge in [-0.05, 0) is 41.6 Å². The summed E-state index contributed by atoms with van der Waals surface area (Å²) in [4.78, 5) is 17.6. The van der Waals surface area contributed by atoms with Gasteiger partial charge in [0.25, 0.3) is 0 Å². The van der Waals surface area contributed by atoms with Crippen LogP contribution in [0.4, 0.5) is 5.13 Å². The molecule has 0 atom stereocenters. The summed E-state index contributed by atoms with van der Waals surface area (Å²) in [5.41, 5.74) is 0.837. The van der Waals surface area contributed by atoms with Crippen LogP contribution in [0.25, 0.3) is 0 Å². The normalized spacial score (nSPS) is 10.3. The number of nitrogens with zero attached hydrogens (tertiary/aromatic N) is 2. The number of ether oxygens (including phenoxy) is 1. The zero-order chi connectivity index (χ0) is 14.5. The van der Waals surface area contributed by atoms with Crippen molar-refractivity contribution in [2.75, 3.05) is 11.4 Å². The highest BCUT2D eigenvalue weighted by molar-refractivity contribution is 14.1. The first kappa shape index (κ1) is 15.2. The summed E-state index contributed by atoms with van der Waals surface area (Å²) in [5, 5.41) is 2.65. The molecule has 0 spiro atoms. The standard InChI is InChI=1S/C14H15IN2O2S/c1-3-17(10(2)18)14-16-11(9-20-14)8-19-13-7-5-4-6-12(13)15/h4-7,9H,3,8H2,1-2H3. The lowest BCUT2D eigenvalue weighted by atomic mass is 10.3. The molecular weight excluding hydrogens is 387 g/mol. The first-order valence-corrected chi connectivity index (χ1v) is 8.17. The molecule has 0 aliphatic rings. The third-order valence-electron chi connectivity index (χ3n) is 2.68. The maximum atomic E-state index is 11.5. The van der Waals surface area contributed by atoms with Gasteiger partial charge < -0.3 is 4.74 Å². The number of halogens is 1. The molecule has 106 valence electrons. The van der Waals surface area contributed by atoms with E-state index in [1.165, 1.54) is 11.3 Å². The minimum Gasteiger partial charge on any atom is -0.486 e. The van der Waals surface area contributed by atoms with Crippen LogP contribution in [0, 0.1) is 3.57 Å². The Morgan fingerprint density at radius 3 is 2.85 bits per heavy atom. The molecule has 0 radical (unpaired) electrons. The number of para-hydroxylation sites is 1. The number of carbonyl (C=O) groups excluding carboxylic acids is 1. The lowest BCUT2D eigenvalue weighted by molar-refractivity contribution is -0.116. The molecule has 0 aliphatic heterocycles. The SMILES string of the molecule is CCN(C(C)=O)c1nc(COc2ccccc2I)cs1. The number of anilines is 1. The summed E-state index contributed by atoms with van der Waals surface area (Å²) in [6.07, 6.45) is 0. The Kier molecular flexibility index (Phi) is 5.36. The number of thiazole rings is 1. The maximum Gasteiger partial charge on any atom is 0.225 e. The fourth-order valence-electron chi connectivity index (χ4n) is 1.69. The predicted octanol–water partition coefficient (Wildman–Crippen LogP) is 3.70. The van der Waals surface area contributed by atoms with E-state index in [1.807, 2.05) is 36.6 Å². The molecule has 1 aromatic heterocycles. The fraction of sp³-hybridized carbons (Fsp3) is 0.286. The highest BCUT2D eigenvalue weighted by Gasteiger charge is 2.13. The molecule has 1 heterocycles. The van der Waals surface area contributed by atoms with Crippen molar-refractivity contribution in [1.82, 2.24) is 4.98 Å². The van der Waals surface area contributed by atoms with Crippen LogP contribution in [0.5, 0.6) is 5.75 Å². The van der Waals surface area contributed by atoms with Gasteiger partial charge in [0.05, 0.1) is 9.26 Å². The highest BCUT2D eigenvalue weighted by Crippen LogP contribution is 2.24. The Bertz CT molecular complexity index is 600. The van der Waals surface area contributed by atoms with Crippen LogP contribution in [-0.2, 0) is 11.4 Å². The molecule has 0 saturated heterocycles. The third kappa shape index (κ3) is 3.69. The lowest BCUT2D eigenvalue weighted by Gasteiger charge is -2.14. The monoisotopic (exact) mass is 402 g/mol. The summed E-state index contributed by atoms with van der Waals surface area (Å²) in [6.45, 7) is 4.52. The zero-order valence-electron chi connectivity index (χ0n) is 11.3. The van der Waals surface area contributed by atoms with E-state index in [1.54, 1.807) is 11.8 Å². The van der Waals surface area contributed by atoms with E-state index in [0.29, 0.717) is 13.2 Å². The number of hydrogen-bond acceptors (Lipinski definition) is 4. The van der Waals surface area contributed by atoms with Gasteiger partial charge in [0.15, 0.2) is 5.13 Å². The van der Waals surface area contributed by atoms with Crippen molar-refractivity contribution in [2.45, 2.75) is 20.5 Å². The second-order valence-corrected chi connectivity index (χ2v) is 6.10. The van der Waals surface area contributed by atoms with Crippen molar-refractivity contribution >= 4 is 45.0 Å². The van der Waals surface area contributed by atoms with Crippen molar-refractivity contribution in [1.29, 1.82) is 0 Å². The van der Waals surface area contributed by atoms with Crippen molar-refractivity contribution in [3.63, 3.8) is 0 Å². The Morgan fingerprint density at radius 2 is 2.20 bits per heavy atom. The Labute approximate surface area is 135 Å². The van der Waals surface area contributed by atoms with E-state index >= 15 is 0 Å². The van der Waals surface area contributed by atoms with Crippen LogP contribution in [0.3, 0.4) is 0 Å². The summed E-state index contributed by atoms with van der Waals surface area (Å²) in [5.74, 6) is 0.855. The number of amides is 1. The van der Waals surface area contributed by atoms with Crippen LogP contribution >= 0.6 is 33.9 Å². The van der Waals surface area contributed by atoms with Gasteiger partial charge in [-0.25, -0.2) is 4.98 Å². The van der Waals surface area contributed by atoms with Gasteiger partial charge in [-0.3, -0.25) is 9.69 Å². The van der Waals surface area contributed by atoms with Crippen molar-refractivity contribution in [3.05, 3.63) is 38.9 Å². The third-order valence-corrected chi connectivity index (χ3v) is 4.48. The molecule has 0 N–H and O–H groups in total. The number of hydrogen-bond donors (Lipinski definition) is 0. The zero-order valence-corrected chi connectivity index (χ0v) is 14.3. The number of carbonyl (C=O) groups is 1. The predicted molar refractivity (Wildman–Crippen MR) is 89.3 cm³/mol. The van der Waals surface area contributed by atoms with Gasteiger partial charge in [0, 0.05) is 18.8 Å². The van der Waals surface area contributed by atoms with Crippen LogP contribution in [0.2, 0.25) is 0 Å². The molecule has 6 heteroatoms. The summed E-state index contributed by atoms with van der Waals surface area (Å²) >= 11 is 3.70. The van der Waals surface area contributed by atoms with Gasteiger partial charge in [0.2, 0.25) is 5.91 Å². The molecular formula is C14H15IN2O2S. The maximum absolute atomic E-state index is 11.5. The van der Waals surface area contributed by atoms with E-state index in [4.69, 9.17) is 4.74 Å². The summed E-state index contributed by atoms with van der Waals surface area (Å²) in [6, 6.07) is 7.85. The second kappa shape index (κ2) is 7.03. The summed E-state index contributed by atoms with van der Waals surface area (Å²) < 4.78 is 6.81. The fourth-order valence-corrected chi connectivity index (χ4v) is 3.15. The smallest absolute Gasteiger partial charge is 0.225 e. The molecule has 2 rings (SSSR count). The minimum atomic E-state index is 0.00641. The molecule has 4 nitrogen and oxygen atoms in total. The second-order valence-electron chi connectivity index (χ2n) is 4.10. The molecule has 1 aromatic carbocycles. The van der Waals surface area contributed by atoms with Gasteiger partial charge in [-0.15, -0.1) is 11.3 Å². The van der Waals surface area contributed by atoms with Crippen molar-refractivity contribution in [3.8, 4) is 5.75 Å². The van der Waals surface area contributed by atoms with Crippen LogP contribution < -0.4 is 9.64 Å². The lowest BCUT2D eigenvalue weighted by Crippen LogP contribution is -2.27. The minimum absolute atomic E-state index is 0.00641. The van der Waals surface area contributed by atoms with E-state index in [9.17, 15) is 4.79 Å². The Balaban J connectivity index is 2.03. The van der Waals surface area contributed by atoms with E-state index in [0.717, 1.165) is 20.1 Å². The molecule has 0 unspecified atom stereocenters. The van der Waals surface area contributed by atoms with Crippen molar-refractivity contribution < 1.29 is 9.53 Å². The van der Waals surface area contributed by atoms with Gasteiger partial charge in [-0.2, -0.15) is 0 Å². The highest BCUT2D eigenvalue weighted by atomic mass is 127. The van der Waals surface area contributed by atoms with Gasteiger partial charge >= 0.3 is 0 Å². The van der Waals surface area contributed by atoms with E-state index < -0.39 is 0 Å². The topological polar surface area (TPSA) is 42.4 Å². The van der Waals surface area contributed by atoms with E-state index in [2.05, 4.69) is 27.6 Å². The number of aromatic nitrogens is 1. The first-order valence-electron chi connectivity index (χ1n) is 6.21. The number of benzene rings is 1. The first-order chi connectivity index (χ1) is 9.61. The average molecular weight is 402 g/mol. The molecule has 0 aliphatic carbocycles. The molecule has 0 fully saturated rings. The molecule has 20 heavy (non-hydrogen) atoms. The van der Waals surface area contributed by atoms with Gasteiger partial charge in [0.1, 0.15) is 12.4 Å². The number of rotatable bonds is 5.